The fraction of sp³-hybridized carbons (Fsp3) is 0.909. The Balaban J connectivity index is 1.87. The molecule has 2 aliphatic rings. The molecule has 1 amide bonds. The number of amides is 1. The van der Waals surface area contributed by atoms with Crippen LogP contribution in [0.2, 0.25) is 0 Å². The van der Waals surface area contributed by atoms with Crippen molar-refractivity contribution in [3.63, 3.8) is 0 Å². The molecular weight excluding hydrogens is 224 g/mol. The molecule has 1 aliphatic heterocycles. The average molecular weight is 244 g/mol. The van der Waals surface area contributed by atoms with E-state index in [1.807, 2.05) is 16.7 Å². The summed E-state index contributed by atoms with van der Waals surface area (Å²) in [4.78, 5) is 14.3. The molecule has 2 fully saturated rings. The van der Waals surface area contributed by atoms with Gasteiger partial charge >= 0.3 is 0 Å². The van der Waals surface area contributed by atoms with Gasteiger partial charge in [0, 0.05) is 37.7 Å². The second-order valence-corrected chi connectivity index (χ2v) is 5.49. The second kappa shape index (κ2) is 5.89. The number of methoxy groups -OCH3 is 1. The number of carbonyl (C=O) groups excluding carboxylic acids is 1. The van der Waals surface area contributed by atoms with Crippen LogP contribution >= 0.6 is 11.8 Å². The minimum Gasteiger partial charge on any atom is -0.383 e. The molecule has 2 rings (SSSR count). The molecule has 0 spiro atoms. The van der Waals surface area contributed by atoms with Crippen LogP contribution in [0.15, 0.2) is 0 Å². The quantitative estimate of drug-likeness (QED) is 0.757. The Labute approximate surface area is 101 Å². The minimum absolute atomic E-state index is 0.0243. The van der Waals surface area contributed by atoms with Crippen LogP contribution in [0.5, 0.6) is 0 Å². The van der Waals surface area contributed by atoms with Crippen molar-refractivity contribution in [1.29, 1.82) is 0 Å². The number of hydrogen-bond acceptors (Lipinski definition) is 4. The number of nitrogens with one attached hydrogen (secondary N) is 1. The maximum absolute atomic E-state index is 12.3. The predicted octanol–water partition coefficient (Wildman–Crippen LogP) is 0.329. The number of ether oxygens (including phenoxy) is 1. The first-order valence-electron chi connectivity index (χ1n) is 5.93. The molecule has 16 heavy (non-hydrogen) atoms. The summed E-state index contributed by atoms with van der Waals surface area (Å²) in [5, 5.41) is 3.31. The van der Waals surface area contributed by atoms with Crippen molar-refractivity contribution in [2.24, 2.45) is 0 Å². The summed E-state index contributed by atoms with van der Waals surface area (Å²) in [6, 6.07) is 0.507. The van der Waals surface area contributed by atoms with E-state index in [0.29, 0.717) is 12.6 Å². The monoisotopic (exact) mass is 244 g/mol. The van der Waals surface area contributed by atoms with Gasteiger partial charge < -0.3 is 15.0 Å². The molecule has 0 radical (unpaired) electrons. The molecule has 1 saturated heterocycles. The van der Waals surface area contributed by atoms with Crippen LogP contribution in [-0.2, 0) is 9.53 Å². The SMILES string of the molecule is COCCN(C(=O)C1CSCCN1)C1CC1. The zero-order valence-electron chi connectivity index (χ0n) is 9.78. The Hall–Kier alpha value is -0.260. The molecule has 1 saturated carbocycles. The van der Waals surface area contributed by atoms with Gasteiger partial charge in [-0.1, -0.05) is 0 Å². The predicted molar refractivity (Wildman–Crippen MR) is 65.7 cm³/mol. The third-order valence-corrected chi connectivity index (χ3v) is 4.09. The molecule has 5 heteroatoms. The summed E-state index contributed by atoms with van der Waals surface area (Å²) in [5.41, 5.74) is 0. The lowest BCUT2D eigenvalue weighted by atomic mass is 10.2. The lowest BCUT2D eigenvalue weighted by molar-refractivity contribution is -0.134. The van der Waals surface area contributed by atoms with Gasteiger partial charge in [0.05, 0.1) is 12.6 Å². The zero-order chi connectivity index (χ0) is 11.4. The van der Waals surface area contributed by atoms with Crippen LogP contribution in [0.4, 0.5) is 0 Å². The number of rotatable bonds is 5. The highest BCUT2D eigenvalue weighted by molar-refractivity contribution is 7.99. The largest absolute Gasteiger partial charge is 0.383 e. The van der Waals surface area contributed by atoms with Crippen molar-refractivity contribution < 1.29 is 9.53 Å². The van der Waals surface area contributed by atoms with E-state index >= 15 is 0 Å². The van der Waals surface area contributed by atoms with E-state index in [1.165, 1.54) is 0 Å². The van der Waals surface area contributed by atoms with Crippen LogP contribution in [0, 0.1) is 0 Å². The van der Waals surface area contributed by atoms with Crippen LogP contribution in [0.1, 0.15) is 12.8 Å². The Morgan fingerprint density at radius 1 is 1.56 bits per heavy atom. The highest BCUT2D eigenvalue weighted by Gasteiger charge is 2.35. The zero-order valence-corrected chi connectivity index (χ0v) is 10.6. The van der Waals surface area contributed by atoms with Crippen LogP contribution in [-0.4, -0.2) is 61.2 Å². The molecular formula is C11H20N2O2S. The molecule has 0 bridgehead atoms. The van der Waals surface area contributed by atoms with Crippen molar-refractivity contribution in [1.82, 2.24) is 10.2 Å². The van der Waals surface area contributed by atoms with Crippen LogP contribution < -0.4 is 5.32 Å². The fourth-order valence-electron chi connectivity index (χ4n) is 1.97. The minimum atomic E-state index is 0.0243. The molecule has 92 valence electrons. The molecule has 1 unspecified atom stereocenters. The van der Waals surface area contributed by atoms with Crippen molar-refractivity contribution in [2.75, 3.05) is 38.3 Å². The lowest BCUT2D eigenvalue weighted by Gasteiger charge is -2.29. The highest BCUT2D eigenvalue weighted by Crippen LogP contribution is 2.27. The van der Waals surface area contributed by atoms with E-state index in [-0.39, 0.29) is 11.9 Å². The van der Waals surface area contributed by atoms with Gasteiger partial charge in [0.2, 0.25) is 5.91 Å². The summed E-state index contributed by atoms with van der Waals surface area (Å²) in [7, 11) is 1.68. The first kappa shape index (κ1) is 12.2. The Morgan fingerprint density at radius 2 is 2.38 bits per heavy atom. The third kappa shape index (κ3) is 3.12. The Kier molecular flexibility index (Phi) is 4.49. The summed E-state index contributed by atoms with van der Waals surface area (Å²) >= 11 is 1.86. The van der Waals surface area contributed by atoms with Gasteiger partial charge in [-0.2, -0.15) is 11.8 Å². The highest BCUT2D eigenvalue weighted by atomic mass is 32.2. The van der Waals surface area contributed by atoms with E-state index in [4.69, 9.17) is 4.74 Å². The molecule has 0 aromatic carbocycles. The summed E-state index contributed by atoms with van der Waals surface area (Å²) < 4.78 is 5.07. The van der Waals surface area contributed by atoms with Gasteiger partial charge in [-0.15, -0.1) is 0 Å². The smallest absolute Gasteiger partial charge is 0.240 e. The Morgan fingerprint density at radius 3 is 2.94 bits per heavy atom. The number of thioether (sulfide) groups is 1. The summed E-state index contributed by atoms with van der Waals surface area (Å²) in [5.74, 6) is 2.30. The van der Waals surface area contributed by atoms with Gasteiger partial charge in [0.15, 0.2) is 0 Å². The van der Waals surface area contributed by atoms with E-state index in [0.717, 1.165) is 37.4 Å². The molecule has 1 atom stereocenters. The second-order valence-electron chi connectivity index (χ2n) is 4.34. The maximum Gasteiger partial charge on any atom is 0.240 e. The van der Waals surface area contributed by atoms with Crippen molar-refractivity contribution >= 4 is 17.7 Å². The number of carbonyl (C=O) groups is 1. The van der Waals surface area contributed by atoms with E-state index in [9.17, 15) is 4.79 Å². The summed E-state index contributed by atoms with van der Waals surface area (Å²) in [6.07, 6.45) is 2.32. The van der Waals surface area contributed by atoms with Gasteiger partial charge in [0.25, 0.3) is 0 Å². The van der Waals surface area contributed by atoms with E-state index in [2.05, 4.69) is 5.32 Å². The molecule has 4 nitrogen and oxygen atoms in total. The molecule has 1 N–H and O–H groups in total. The summed E-state index contributed by atoms with van der Waals surface area (Å²) in [6.45, 7) is 2.33. The third-order valence-electron chi connectivity index (χ3n) is 3.03. The van der Waals surface area contributed by atoms with Crippen molar-refractivity contribution in [3.05, 3.63) is 0 Å². The van der Waals surface area contributed by atoms with E-state index < -0.39 is 0 Å². The van der Waals surface area contributed by atoms with Crippen molar-refractivity contribution in [3.8, 4) is 0 Å². The molecule has 1 heterocycles. The molecule has 1 aliphatic carbocycles. The van der Waals surface area contributed by atoms with Gasteiger partial charge in [-0.3, -0.25) is 4.79 Å². The van der Waals surface area contributed by atoms with E-state index in [1.54, 1.807) is 7.11 Å². The van der Waals surface area contributed by atoms with Gasteiger partial charge in [-0.25, -0.2) is 0 Å². The standard InChI is InChI=1S/C11H20N2O2S/c1-15-6-5-13(9-2-3-9)11(14)10-8-16-7-4-12-10/h9-10,12H,2-8H2,1H3. The maximum atomic E-state index is 12.3. The van der Waals surface area contributed by atoms with Crippen LogP contribution in [0.3, 0.4) is 0 Å². The molecule has 0 aromatic rings. The first-order valence-corrected chi connectivity index (χ1v) is 7.09. The number of nitrogens with zero attached hydrogens (tertiary/aromatic N) is 1. The van der Waals surface area contributed by atoms with Gasteiger partial charge in [-0.05, 0) is 12.8 Å². The van der Waals surface area contributed by atoms with Crippen molar-refractivity contribution in [2.45, 2.75) is 24.9 Å². The van der Waals surface area contributed by atoms with Crippen LogP contribution in [0.25, 0.3) is 0 Å². The fourth-order valence-corrected chi connectivity index (χ4v) is 2.90. The lowest BCUT2D eigenvalue weighted by Crippen LogP contribution is -2.52. The average Bonchev–Trinajstić information content (AvgIpc) is 3.15. The Bertz CT molecular complexity index is 240. The topological polar surface area (TPSA) is 41.6 Å². The molecule has 0 aromatic heterocycles. The normalized spacial score (nSPS) is 25.4. The number of hydrogen-bond donors (Lipinski definition) is 1. The van der Waals surface area contributed by atoms with Gasteiger partial charge in [0.1, 0.15) is 0 Å². The first-order chi connectivity index (χ1) is 7.83.